The number of piperidine rings is 1. The number of benzene rings is 3. The van der Waals surface area contributed by atoms with E-state index in [-0.39, 0.29) is 24.2 Å². The van der Waals surface area contributed by atoms with Crippen LogP contribution in [0.2, 0.25) is 0 Å². The summed E-state index contributed by atoms with van der Waals surface area (Å²) in [5.74, 6) is 0.973. The van der Waals surface area contributed by atoms with Crippen LogP contribution >= 0.6 is 0 Å². The molecular weight excluding hydrogens is 658 g/mol. The zero-order valence-corrected chi connectivity index (χ0v) is 31.2. The molecule has 278 valence electrons. The Morgan fingerprint density at radius 1 is 0.923 bits per heavy atom. The van der Waals surface area contributed by atoms with Crippen LogP contribution in [-0.2, 0) is 32.0 Å². The highest BCUT2D eigenvalue weighted by atomic mass is 16.6. The lowest BCUT2D eigenvalue weighted by atomic mass is 9.95. The van der Waals surface area contributed by atoms with E-state index < -0.39 is 17.7 Å². The number of aryl methyl sites for hydroxylation is 1. The first-order chi connectivity index (χ1) is 25.0. The number of carbonyl (C=O) groups excluding carboxylic acids is 3. The van der Waals surface area contributed by atoms with Crippen LogP contribution in [0, 0.1) is 0 Å². The van der Waals surface area contributed by atoms with Gasteiger partial charge >= 0.3 is 6.09 Å². The molecule has 52 heavy (non-hydrogen) atoms. The Kier molecular flexibility index (Phi) is 13.4. The van der Waals surface area contributed by atoms with Crippen molar-refractivity contribution in [3.8, 4) is 11.1 Å². The van der Waals surface area contributed by atoms with Gasteiger partial charge in [0.1, 0.15) is 11.4 Å². The van der Waals surface area contributed by atoms with Crippen molar-refractivity contribution in [2.75, 3.05) is 47.1 Å². The second kappa shape index (κ2) is 18.1. The van der Waals surface area contributed by atoms with Crippen LogP contribution < -0.4 is 10.6 Å². The number of ether oxygens (including phenoxy) is 3. The maximum absolute atomic E-state index is 14.0. The highest BCUT2D eigenvalue weighted by Crippen LogP contribution is 2.30. The van der Waals surface area contributed by atoms with E-state index in [1.807, 2.05) is 80.3 Å². The molecule has 2 N–H and O–H groups in total. The van der Waals surface area contributed by atoms with E-state index in [9.17, 15) is 14.4 Å². The largest absolute Gasteiger partial charge is 0.444 e. The number of nitrogens with zero attached hydrogens (tertiary/aromatic N) is 3. The van der Waals surface area contributed by atoms with Gasteiger partial charge in [-0.1, -0.05) is 48.5 Å². The second-order valence-electron chi connectivity index (χ2n) is 14.4. The molecule has 3 amide bonds. The number of para-hydroxylation sites is 2. The molecular formula is C41H53N5O6. The van der Waals surface area contributed by atoms with Crippen molar-refractivity contribution in [2.45, 2.75) is 77.0 Å². The molecule has 5 rings (SSSR count). The molecule has 0 aliphatic carbocycles. The van der Waals surface area contributed by atoms with Crippen molar-refractivity contribution in [3.05, 3.63) is 89.7 Å². The molecule has 11 nitrogen and oxygen atoms in total. The minimum atomic E-state index is -0.671. The van der Waals surface area contributed by atoms with Crippen LogP contribution in [0.4, 0.5) is 4.79 Å². The number of methoxy groups -OCH3 is 2. The Balaban J connectivity index is 1.27. The Hall–Kier alpha value is -4.74. The van der Waals surface area contributed by atoms with Crippen LogP contribution in [0.5, 0.6) is 0 Å². The number of amides is 3. The number of nitrogens with one attached hydrogen (secondary N) is 2. The molecule has 3 aromatic carbocycles. The fourth-order valence-electron chi connectivity index (χ4n) is 6.71. The summed E-state index contributed by atoms with van der Waals surface area (Å²) in [6.45, 7) is 9.08. The van der Waals surface area contributed by atoms with Crippen LogP contribution in [-0.4, -0.2) is 91.1 Å². The fourth-order valence-corrected chi connectivity index (χ4v) is 6.71. The van der Waals surface area contributed by atoms with E-state index in [2.05, 4.69) is 21.3 Å². The first-order valence-electron chi connectivity index (χ1n) is 18.2. The Morgan fingerprint density at radius 2 is 1.62 bits per heavy atom. The van der Waals surface area contributed by atoms with Gasteiger partial charge in [0.25, 0.3) is 5.91 Å². The monoisotopic (exact) mass is 711 g/mol. The molecule has 1 aliphatic heterocycles. The summed E-state index contributed by atoms with van der Waals surface area (Å²) in [5.41, 5.74) is 4.92. The Labute approximate surface area is 307 Å². The number of aromatic nitrogens is 2. The highest BCUT2D eigenvalue weighted by molar-refractivity contribution is 5.94. The smallest absolute Gasteiger partial charge is 0.407 e. The number of fused-ring (bicyclic) bond motifs is 1. The van der Waals surface area contributed by atoms with Gasteiger partial charge in [-0.15, -0.1) is 0 Å². The second-order valence-corrected chi connectivity index (χ2v) is 14.4. The Bertz CT molecular complexity index is 1780. The zero-order chi connectivity index (χ0) is 37.1. The van der Waals surface area contributed by atoms with Crippen molar-refractivity contribution in [1.82, 2.24) is 25.1 Å². The maximum atomic E-state index is 14.0. The van der Waals surface area contributed by atoms with Gasteiger partial charge in [-0.05, 0) is 87.4 Å². The quantitative estimate of drug-likeness (QED) is 0.138. The third-order valence-corrected chi connectivity index (χ3v) is 9.20. The minimum Gasteiger partial charge on any atom is -0.444 e. The number of carbonyl (C=O) groups is 3. The summed E-state index contributed by atoms with van der Waals surface area (Å²) in [4.78, 5) is 46.3. The highest BCUT2D eigenvalue weighted by Gasteiger charge is 2.30. The summed E-state index contributed by atoms with van der Waals surface area (Å²) in [6, 6.07) is 23.2. The summed E-state index contributed by atoms with van der Waals surface area (Å²) in [6.07, 6.45) is 2.76. The number of alkyl carbamates (subject to hydrolysis) is 1. The van der Waals surface area contributed by atoms with Gasteiger partial charge in [0.2, 0.25) is 5.91 Å². The van der Waals surface area contributed by atoms with Crippen LogP contribution in [0.15, 0.2) is 72.8 Å². The number of imidazole rings is 1. The van der Waals surface area contributed by atoms with E-state index in [0.29, 0.717) is 44.8 Å². The first-order valence-corrected chi connectivity index (χ1v) is 18.2. The predicted octanol–water partition coefficient (Wildman–Crippen LogP) is 6.35. The molecule has 0 bridgehead atoms. The SMILES string of the molecule is COCCCn1c(C2CCCN(C(=O)CC(Cc3ccc(-c4ccc(C(=O)NCCOC)cc4)cc3)NC(=O)OC(C)(C)C)C2)nc2ccccc21. The minimum absolute atomic E-state index is 0.00392. The first kappa shape index (κ1) is 38.5. The molecule has 2 unspecified atom stereocenters. The fraction of sp³-hybridized carbons (Fsp3) is 0.463. The van der Waals surface area contributed by atoms with Crippen molar-refractivity contribution >= 4 is 28.9 Å². The Morgan fingerprint density at radius 3 is 2.31 bits per heavy atom. The van der Waals surface area contributed by atoms with Crippen molar-refractivity contribution in [1.29, 1.82) is 0 Å². The summed E-state index contributed by atoms with van der Waals surface area (Å²) in [5, 5.41) is 5.82. The van der Waals surface area contributed by atoms with Crippen molar-refractivity contribution < 1.29 is 28.6 Å². The molecule has 1 aromatic heterocycles. The number of rotatable bonds is 15. The predicted molar refractivity (Wildman–Crippen MR) is 202 cm³/mol. The van der Waals surface area contributed by atoms with E-state index in [4.69, 9.17) is 19.2 Å². The van der Waals surface area contributed by atoms with Crippen LogP contribution in [0.25, 0.3) is 22.2 Å². The van der Waals surface area contributed by atoms with Crippen LogP contribution in [0.1, 0.15) is 74.1 Å². The van der Waals surface area contributed by atoms with Gasteiger partial charge in [0, 0.05) is 70.9 Å². The topological polar surface area (TPSA) is 124 Å². The molecule has 0 spiro atoms. The molecule has 1 saturated heterocycles. The van der Waals surface area contributed by atoms with E-state index in [1.165, 1.54) is 0 Å². The molecule has 11 heteroatoms. The lowest BCUT2D eigenvalue weighted by molar-refractivity contribution is -0.133. The average molecular weight is 712 g/mol. The van der Waals surface area contributed by atoms with Crippen molar-refractivity contribution in [2.24, 2.45) is 0 Å². The summed E-state index contributed by atoms with van der Waals surface area (Å²) < 4.78 is 18.2. The molecule has 1 fully saturated rings. The van der Waals surface area contributed by atoms with Crippen LogP contribution in [0.3, 0.4) is 0 Å². The van der Waals surface area contributed by atoms with Gasteiger partial charge in [-0.25, -0.2) is 9.78 Å². The lowest BCUT2D eigenvalue weighted by Crippen LogP contribution is -2.46. The van der Waals surface area contributed by atoms with Gasteiger partial charge in [0.15, 0.2) is 0 Å². The van der Waals surface area contributed by atoms with Gasteiger partial charge in [0.05, 0.1) is 17.6 Å². The van der Waals surface area contributed by atoms with E-state index >= 15 is 0 Å². The van der Waals surface area contributed by atoms with Gasteiger partial charge < -0.3 is 34.3 Å². The summed E-state index contributed by atoms with van der Waals surface area (Å²) >= 11 is 0. The molecule has 0 radical (unpaired) electrons. The average Bonchev–Trinajstić information content (AvgIpc) is 3.50. The third-order valence-electron chi connectivity index (χ3n) is 9.20. The molecule has 1 aliphatic rings. The van der Waals surface area contributed by atoms with Crippen molar-refractivity contribution in [3.63, 3.8) is 0 Å². The molecule has 2 atom stereocenters. The lowest BCUT2D eigenvalue weighted by Gasteiger charge is -2.34. The molecule has 0 saturated carbocycles. The maximum Gasteiger partial charge on any atom is 0.407 e. The number of hydrogen-bond acceptors (Lipinski definition) is 7. The van der Waals surface area contributed by atoms with Gasteiger partial charge in [-0.3, -0.25) is 9.59 Å². The summed E-state index contributed by atoms with van der Waals surface area (Å²) in [7, 11) is 3.31. The zero-order valence-electron chi connectivity index (χ0n) is 31.2. The molecule has 2 heterocycles. The number of hydrogen-bond donors (Lipinski definition) is 2. The third kappa shape index (κ3) is 10.6. The standard InChI is InChI=1S/C41H53N5O6/c1-41(2,3)52-40(49)43-34(26-29-13-15-30(16-14-29)31-17-19-32(20-18-31)39(48)42-21-25-51-5)27-37(47)45-22-8-10-33(28-45)38-44-35-11-6-7-12-36(35)46(38)23-9-24-50-4/h6-7,11-20,33-34H,8-10,21-28H2,1-5H3,(H,42,48)(H,43,49). The van der Waals surface area contributed by atoms with Gasteiger partial charge in [-0.2, -0.15) is 0 Å². The number of likely N-dealkylation sites (tertiary alicyclic amines) is 1. The van der Waals surface area contributed by atoms with E-state index in [1.54, 1.807) is 26.4 Å². The van der Waals surface area contributed by atoms with E-state index in [0.717, 1.165) is 59.4 Å². The normalized spacial score (nSPS) is 15.3. The molecule has 4 aromatic rings.